The fraction of sp³-hybridized carbons (Fsp3) is 0. The van der Waals surface area contributed by atoms with Gasteiger partial charge >= 0.3 is 0 Å². The van der Waals surface area contributed by atoms with Crippen molar-refractivity contribution in [2.45, 2.75) is 0 Å². The van der Waals surface area contributed by atoms with Gasteiger partial charge in [0.15, 0.2) is 0 Å². The summed E-state index contributed by atoms with van der Waals surface area (Å²) >= 11 is 3.77. The van der Waals surface area contributed by atoms with Gasteiger partial charge in [0.05, 0.1) is 13.1 Å². The molecule has 0 unspecified atom stereocenters. The molecular formula is C8H3IN2S. The summed E-state index contributed by atoms with van der Waals surface area (Å²) in [5.74, 6) is 0. The quantitative estimate of drug-likeness (QED) is 0.698. The topological polar surface area (TPSA) is 36.7 Å². The average molecular weight is 286 g/mol. The van der Waals surface area contributed by atoms with Crippen LogP contribution in [-0.2, 0) is 0 Å². The molecule has 0 aliphatic carbocycles. The SMILES string of the molecule is N#Cc1c(I)sc2cccnc12. The highest BCUT2D eigenvalue weighted by Gasteiger charge is 2.09. The van der Waals surface area contributed by atoms with E-state index >= 15 is 0 Å². The Balaban J connectivity index is 2.93. The third-order valence-corrected chi connectivity index (χ3v) is 3.65. The highest BCUT2D eigenvalue weighted by atomic mass is 127. The molecule has 0 atom stereocenters. The molecule has 0 aliphatic heterocycles. The number of hydrogen-bond donors (Lipinski definition) is 0. The normalized spacial score (nSPS) is 10.0. The molecule has 0 saturated heterocycles. The second-order valence-electron chi connectivity index (χ2n) is 2.21. The number of thiophene rings is 1. The van der Waals surface area contributed by atoms with E-state index < -0.39 is 0 Å². The van der Waals surface area contributed by atoms with Crippen molar-refractivity contribution in [1.29, 1.82) is 5.26 Å². The number of rotatable bonds is 0. The van der Waals surface area contributed by atoms with E-state index in [1.807, 2.05) is 12.1 Å². The number of pyridine rings is 1. The third-order valence-electron chi connectivity index (χ3n) is 1.52. The molecule has 0 saturated carbocycles. The summed E-state index contributed by atoms with van der Waals surface area (Å²) in [6.07, 6.45) is 1.71. The minimum atomic E-state index is 0.705. The monoisotopic (exact) mass is 286 g/mol. The molecule has 0 amide bonds. The Bertz CT molecular complexity index is 469. The molecule has 2 aromatic heterocycles. The van der Waals surface area contributed by atoms with Gasteiger partial charge in [-0.1, -0.05) is 0 Å². The summed E-state index contributed by atoms with van der Waals surface area (Å²) in [5.41, 5.74) is 1.53. The zero-order chi connectivity index (χ0) is 8.55. The van der Waals surface area contributed by atoms with Gasteiger partial charge in [0.2, 0.25) is 0 Å². The minimum Gasteiger partial charge on any atom is -0.254 e. The molecule has 0 aromatic carbocycles. The highest BCUT2D eigenvalue weighted by molar-refractivity contribution is 14.1. The smallest absolute Gasteiger partial charge is 0.103 e. The van der Waals surface area contributed by atoms with Crippen molar-refractivity contribution in [3.05, 3.63) is 26.8 Å². The van der Waals surface area contributed by atoms with E-state index in [2.05, 4.69) is 33.6 Å². The highest BCUT2D eigenvalue weighted by Crippen LogP contribution is 2.29. The third kappa shape index (κ3) is 1.09. The minimum absolute atomic E-state index is 0.705. The Labute approximate surface area is 87.0 Å². The fourth-order valence-corrected chi connectivity index (χ4v) is 2.92. The van der Waals surface area contributed by atoms with Crippen LogP contribution in [0.4, 0.5) is 0 Å². The van der Waals surface area contributed by atoms with Crippen molar-refractivity contribution in [3.63, 3.8) is 0 Å². The van der Waals surface area contributed by atoms with Crippen molar-refractivity contribution < 1.29 is 0 Å². The van der Waals surface area contributed by atoms with Gasteiger partial charge in [-0.15, -0.1) is 11.3 Å². The van der Waals surface area contributed by atoms with Gasteiger partial charge in [-0.25, -0.2) is 0 Å². The van der Waals surface area contributed by atoms with Crippen LogP contribution >= 0.6 is 33.9 Å². The van der Waals surface area contributed by atoms with Crippen molar-refractivity contribution >= 4 is 44.1 Å². The van der Waals surface area contributed by atoms with E-state index in [4.69, 9.17) is 5.26 Å². The van der Waals surface area contributed by atoms with Gasteiger partial charge in [0, 0.05) is 6.20 Å². The molecule has 0 spiro atoms. The summed E-state index contributed by atoms with van der Waals surface area (Å²) in [6.45, 7) is 0. The van der Waals surface area contributed by atoms with Crippen LogP contribution in [0.25, 0.3) is 10.2 Å². The van der Waals surface area contributed by atoms with Crippen molar-refractivity contribution in [2.75, 3.05) is 0 Å². The molecule has 12 heavy (non-hydrogen) atoms. The van der Waals surface area contributed by atoms with Crippen LogP contribution < -0.4 is 0 Å². The van der Waals surface area contributed by atoms with E-state index in [1.54, 1.807) is 17.5 Å². The lowest BCUT2D eigenvalue weighted by atomic mass is 10.3. The van der Waals surface area contributed by atoms with Gasteiger partial charge in [-0.05, 0) is 34.7 Å². The Morgan fingerprint density at radius 2 is 2.42 bits per heavy atom. The van der Waals surface area contributed by atoms with Crippen LogP contribution in [-0.4, -0.2) is 4.98 Å². The number of halogens is 1. The van der Waals surface area contributed by atoms with Gasteiger partial charge in [0.1, 0.15) is 11.6 Å². The molecule has 2 nitrogen and oxygen atoms in total. The lowest BCUT2D eigenvalue weighted by Gasteiger charge is -1.85. The van der Waals surface area contributed by atoms with Gasteiger partial charge in [0.25, 0.3) is 0 Å². The van der Waals surface area contributed by atoms with Crippen LogP contribution in [0.2, 0.25) is 0 Å². The number of aromatic nitrogens is 1. The zero-order valence-corrected chi connectivity index (χ0v) is 8.89. The van der Waals surface area contributed by atoms with Crippen LogP contribution in [0.5, 0.6) is 0 Å². The second kappa shape index (κ2) is 2.99. The Kier molecular flexibility index (Phi) is 1.98. The van der Waals surface area contributed by atoms with Gasteiger partial charge in [-0.3, -0.25) is 4.98 Å². The predicted octanol–water partition coefficient (Wildman–Crippen LogP) is 2.77. The van der Waals surface area contributed by atoms with Crippen molar-refractivity contribution in [2.24, 2.45) is 0 Å². The Hall–Kier alpha value is -0.670. The summed E-state index contributed by atoms with van der Waals surface area (Å²) in [7, 11) is 0. The van der Waals surface area contributed by atoms with E-state index in [-0.39, 0.29) is 0 Å². The summed E-state index contributed by atoms with van der Waals surface area (Å²) in [5, 5.41) is 8.82. The van der Waals surface area contributed by atoms with E-state index in [0.717, 1.165) is 13.1 Å². The number of fused-ring (bicyclic) bond motifs is 1. The zero-order valence-electron chi connectivity index (χ0n) is 5.91. The van der Waals surface area contributed by atoms with Crippen LogP contribution in [0.1, 0.15) is 5.56 Å². The fourth-order valence-electron chi connectivity index (χ4n) is 0.998. The molecular weight excluding hydrogens is 283 g/mol. The standard InChI is InChI=1S/C8H3IN2S/c9-8-5(4-10)7-6(12-8)2-1-3-11-7/h1-3H. The lowest BCUT2D eigenvalue weighted by molar-refractivity contribution is 1.41. The predicted molar refractivity (Wildman–Crippen MR) is 57.1 cm³/mol. The van der Waals surface area contributed by atoms with Gasteiger partial charge in [-0.2, -0.15) is 5.26 Å². The first-order valence-corrected chi connectivity index (χ1v) is 5.15. The van der Waals surface area contributed by atoms with Crippen LogP contribution in [0.15, 0.2) is 18.3 Å². The number of nitriles is 1. The molecule has 0 fully saturated rings. The molecule has 2 aromatic rings. The summed E-state index contributed by atoms with van der Waals surface area (Å²) in [6, 6.07) is 6.03. The van der Waals surface area contributed by atoms with Gasteiger partial charge < -0.3 is 0 Å². The molecule has 0 radical (unpaired) electrons. The Morgan fingerprint density at radius 3 is 3.17 bits per heavy atom. The van der Waals surface area contributed by atoms with Crippen molar-refractivity contribution in [1.82, 2.24) is 4.98 Å². The van der Waals surface area contributed by atoms with E-state index in [0.29, 0.717) is 5.56 Å². The first-order valence-electron chi connectivity index (χ1n) is 3.26. The average Bonchev–Trinajstić information content (AvgIpc) is 2.40. The van der Waals surface area contributed by atoms with E-state index in [9.17, 15) is 0 Å². The first kappa shape index (κ1) is 7.95. The number of hydrogen-bond acceptors (Lipinski definition) is 3. The lowest BCUT2D eigenvalue weighted by Crippen LogP contribution is -1.75. The second-order valence-corrected chi connectivity index (χ2v) is 5.08. The largest absolute Gasteiger partial charge is 0.254 e. The summed E-state index contributed by atoms with van der Waals surface area (Å²) < 4.78 is 2.10. The molecule has 2 rings (SSSR count). The van der Waals surface area contributed by atoms with E-state index in [1.165, 1.54) is 0 Å². The molecule has 0 bridgehead atoms. The van der Waals surface area contributed by atoms with Crippen LogP contribution in [0, 0.1) is 14.2 Å². The molecule has 0 aliphatic rings. The number of nitrogens with zero attached hydrogens (tertiary/aromatic N) is 2. The van der Waals surface area contributed by atoms with Crippen molar-refractivity contribution in [3.8, 4) is 6.07 Å². The molecule has 2 heterocycles. The summed E-state index contributed by atoms with van der Waals surface area (Å²) in [4.78, 5) is 4.16. The maximum absolute atomic E-state index is 8.82. The first-order chi connectivity index (χ1) is 5.83. The molecule has 0 N–H and O–H groups in total. The maximum atomic E-state index is 8.82. The molecule has 58 valence electrons. The van der Waals surface area contributed by atoms with Crippen LogP contribution in [0.3, 0.4) is 0 Å². The Morgan fingerprint density at radius 1 is 1.58 bits per heavy atom. The maximum Gasteiger partial charge on any atom is 0.103 e. The molecule has 4 heteroatoms.